The van der Waals surface area contributed by atoms with Gasteiger partial charge in [-0.3, -0.25) is 9.59 Å². The second-order valence-corrected chi connectivity index (χ2v) is 9.34. The summed E-state index contributed by atoms with van der Waals surface area (Å²) in [5.74, 6) is 1.78. The number of hydrogen-bond donors (Lipinski definition) is 0. The number of furan rings is 1. The minimum Gasteiger partial charge on any atom is -0.459 e. The van der Waals surface area contributed by atoms with Crippen molar-refractivity contribution in [3.63, 3.8) is 0 Å². The van der Waals surface area contributed by atoms with E-state index < -0.39 is 0 Å². The molecule has 0 radical (unpaired) electrons. The largest absolute Gasteiger partial charge is 0.459 e. The molecule has 10 heteroatoms. The molecule has 2 amide bonds. The number of amides is 2. The van der Waals surface area contributed by atoms with Crippen molar-refractivity contribution in [2.75, 3.05) is 44.4 Å². The van der Waals surface area contributed by atoms with Crippen LogP contribution in [0.2, 0.25) is 0 Å². The molecule has 2 aromatic carbocycles. The maximum Gasteiger partial charge on any atom is 0.290 e. The molecule has 39 heavy (non-hydrogen) atoms. The van der Waals surface area contributed by atoms with Gasteiger partial charge in [-0.1, -0.05) is 36.4 Å². The smallest absolute Gasteiger partial charge is 0.290 e. The number of carbonyl (C=O) groups excluding carboxylic acids is 2. The molecule has 1 saturated heterocycles. The van der Waals surface area contributed by atoms with Crippen molar-refractivity contribution in [2.45, 2.75) is 6.54 Å². The van der Waals surface area contributed by atoms with Crippen LogP contribution in [0.5, 0.6) is 11.5 Å². The highest BCUT2D eigenvalue weighted by Gasteiger charge is 2.27. The van der Waals surface area contributed by atoms with Crippen molar-refractivity contribution < 1.29 is 23.5 Å². The lowest BCUT2D eigenvalue weighted by atomic mass is 10.1. The van der Waals surface area contributed by atoms with Gasteiger partial charge in [-0.25, -0.2) is 0 Å². The Kier molecular flexibility index (Phi) is 6.82. The number of ether oxygens (including phenoxy) is 2. The predicted molar refractivity (Wildman–Crippen MR) is 142 cm³/mol. The van der Waals surface area contributed by atoms with Gasteiger partial charge in [0.25, 0.3) is 5.91 Å². The monoisotopic (exact) mass is 525 g/mol. The molecule has 4 aromatic rings. The van der Waals surface area contributed by atoms with Crippen LogP contribution in [-0.4, -0.2) is 71.3 Å². The molecule has 2 aliphatic heterocycles. The predicted octanol–water partition coefficient (Wildman–Crippen LogP) is 3.46. The number of piperazine rings is 1. The molecule has 2 aliphatic rings. The van der Waals surface area contributed by atoms with Gasteiger partial charge in [0.2, 0.25) is 12.7 Å². The van der Waals surface area contributed by atoms with Crippen LogP contribution in [-0.2, 0) is 11.3 Å². The molecule has 0 N–H and O–H groups in total. The first-order valence-corrected chi connectivity index (χ1v) is 12.8. The number of rotatable bonds is 7. The van der Waals surface area contributed by atoms with Crippen molar-refractivity contribution in [1.82, 2.24) is 20.0 Å². The third kappa shape index (κ3) is 5.40. The average molecular weight is 526 g/mol. The molecule has 0 bridgehead atoms. The van der Waals surface area contributed by atoms with Gasteiger partial charge in [-0.2, -0.15) is 0 Å². The highest BCUT2D eigenvalue weighted by atomic mass is 16.7. The van der Waals surface area contributed by atoms with E-state index in [9.17, 15) is 9.59 Å². The molecule has 0 saturated carbocycles. The number of carbonyl (C=O) groups is 2. The zero-order valence-electron chi connectivity index (χ0n) is 21.2. The summed E-state index contributed by atoms with van der Waals surface area (Å²) in [6.45, 7) is 2.62. The van der Waals surface area contributed by atoms with E-state index in [0.29, 0.717) is 37.7 Å². The minimum atomic E-state index is -0.349. The standard InChI is InChI=1S/C29H27N5O5/c35-28(33-14-12-32(13-15-33)27-11-9-23(30-31-27)22-5-2-1-3-6-22)19-34(29(36)25-7-4-16-37-25)18-21-8-10-24-26(17-21)39-20-38-24/h1-11,16-17H,12-15,18-20H2. The molecule has 4 heterocycles. The molecular formula is C29H27N5O5. The summed E-state index contributed by atoms with van der Waals surface area (Å²) >= 11 is 0. The van der Waals surface area contributed by atoms with E-state index in [0.717, 1.165) is 22.6 Å². The van der Waals surface area contributed by atoms with Crippen LogP contribution in [0.15, 0.2) is 83.5 Å². The Balaban J connectivity index is 1.09. The van der Waals surface area contributed by atoms with E-state index in [1.54, 1.807) is 17.0 Å². The molecule has 0 atom stereocenters. The lowest BCUT2D eigenvalue weighted by Crippen LogP contribution is -2.52. The number of fused-ring (bicyclic) bond motifs is 1. The number of benzene rings is 2. The summed E-state index contributed by atoms with van der Waals surface area (Å²) in [4.78, 5) is 31.9. The summed E-state index contributed by atoms with van der Waals surface area (Å²) in [5.41, 5.74) is 2.66. The lowest BCUT2D eigenvalue weighted by molar-refractivity contribution is -0.132. The topological polar surface area (TPSA) is 101 Å². The third-order valence-corrected chi connectivity index (χ3v) is 6.83. The molecule has 0 aliphatic carbocycles. The highest BCUT2D eigenvalue weighted by molar-refractivity contribution is 5.94. The Hall–Kier alpha value is -4.86. The van der Waals surface area contributed by atoms with E-state index in [1.807, 2.05) is 60.7 Å². The summed E-state index contributed by atoms with van der Waals surface area (Å²) in [7, 11) is 0. The highest BCUT2D eigenvalue weighted by Crippen LogP contribution is 2.33. The fourth-order valence-corrected chi connectivity index (χ4v) is 4.72. The molecule has 2 aromatic heterocycles. The second-order valence-electron chi connectivity index (χ2n) is 9.34. The van der Waals surface area contributed by atoms with E-state index in [2.05, 4.69) is 15.1 Å². The minimum absolute atomic E-state index is 0.0699. The van der Waals surface area contributed by atoms with Gasteiger partial charge in [0.05, 0.1) is 12.0 Å². The van der Waals surface area contributed by atoms with Crippen LogP contribution in [0.3, 0.4) is 0 Å². The Bertz CT molecular complexity index is 1430. The Morgan fingerprint density at radius 1 is 0.846 bits per heavy atom. The number of anilines is 1. The van der Waals surface area contributed by atoms with Crippen molar-refractivity contribution in [3.05, 3.63) is 90.4 Å². The van der Waals surface area contributed by atoms with E-state index in [1.165, 1.54) is 11.2 Å². The fourth-order valence-electron chi connectivity index (χ4n) is 4.72. The number of hydrogen-bond acceptors (Lipinski definition) is 8. The summed E-state index contributed by atoms with van der Waals surface area (Å²) < 4.78 is 16.2. The van der Waals surface area contributed by atoms with Crippen LogP contribution in [0, 0.1) is 0 Å². The van der Waals surface area contributed by atoms with Crippen LogP contribution < -0.4 is 14.4 Å². The molecule has 0 spiro atoms. The Morgan fingerprint density at radius 3 is 2.41 bits per heavy atom. The van der Waals surface area contributed by atoms with Gasteiger partial charge in [0.1, 0.15) is 6.54 Å². The molecule has 0 unspecified atom stereocenters. The maximum atomic E-state index is 13.3. The van der Waals surface area contributed by atoms with Crippen molar-refractivity contribution in [3.8, 4) is 22.8 Å². The first-order valence-electron chi connectivity index (χ1n) is 12.8. The summed E-state index contributed by atoms with van der Waals surface area (Å²) in [6, 6.07) is 22.6. The molecular weight excluding hydrogens is 498 g/mol. The van der Waals surface area contributed by atoms with Crippen LogP contribution in [0.1, 0.15) is 16.1 Å². The normalized spacial score (nSPS) is 14.4. The van der Waals surface area contributed by atoms with Crippen LogP contribution in [0.4, 0.5) is 5.82 Å². The van der Waals surface area contributed by atoms with Gasteiger partial charge < -0.3 is 28.6 Å². The fraction of sp³-hybridized carbons (Fsp3) is 0.241. The van der Waals surface area contributed by atoms with Crippen molar-refractivity contribution in [1.29, 1.82) is 0 Å². The Morgan fingerprint density at radius 2 is 1.67 bits per heavy atom. The molecule has 1 fully saturated rings. The summed E-state index contributed by atoms with van der Waals surface area (Å²) in [5, 5.41) is 8.79. The first-order chi connectivity index (χ1) is 19.1. The molecule has 198 valence electrons. The third-order valence-electron chi connectivity index (χ3n) is 6.83. The van der Waals surface area contributed by atoms with E-state index >= 15 is 0 Å². The van der Waals surface area contributed by atoms with Crippen molar-refractivity contribution >= 4 is 17.6 Å². The quantitative estimate of drug-likeness (QED) is 0.362. The lowest BCUT2D eigenvalue weighted by Gasteiger charge is -2.36. The summed E-state index contributed by atoms with van der Waals surface area (Å²) in [6.07, 6.45) is 1.45. The SMILES string of the molecule is O=C(CN(Cc1ccc2c(c1)OCO2)C(=O)c1ccco1)N1CCN(c2ccc(-c3ccccc3)nn2)CC1. The Labute approximate surface area is 225 Å². The first kappa shape index (κ1) is 24.5. The average Bonchev–Trinajstić information content (AvgIpc) is 3.70. The van der Waals surface area contributed by atoms with Gasteiger partial charge in [-0.15, -0.1) is 10.2 Å². The molecule has 6 rings (SSSR count). The zero-order valence-corrected chi connectivity index (χ0v) is 21.2. The van der Waals surface area contributed by atoms with Gasteiger partial charge in [0, 0.05) is 38.3 Å². The second kappa shape index (κ2) is 10.9. The van der Waals surface area contributed by atoms with Crippen LogP contribution in [0.25, 0.3) is 11.3 Å². The number of nitrogens with zero attached hydrogens (tertiary/aromatic N) is 5. The maximum absolute atomic E-state index is 13.3. The van der Waals surface area contributed by atoms with Crippen molar-refractivity contribution in [2.24, 2.45) is 0 Å². The molecule has 10 nitrogen and oxygen atoms in total. The van der Waals surface area contributed by atoms with E-state index in [-0.39, 0.29) is 37.5 Å². The van der Waals surface area contributed by atoms with Gasteiger partial charge in [0.15, 0.2) is 23.1 Å². The van der Waals surface area contributed by atoms with Crippen LogP contribution >= 0.6 is 0 Å². The van der Waals surface area contributed by atoms with Gasteiger partial charge >= 0.3 is 0 Å². The van der Waals surface area contributed by atoms with E-state index in [4.69, 9.17) is 13.9 Å². The number of aromatic nitrogens is 2. The van der Waals surface area contributed by atoms with Gasteiger partial charge in [-0.05, 0) is 42.0 Å². The zero-order chi connectivity index (χ0) is 26.6.